The van der Waals surface area contributed by atoms with Gasteiger partial charge in [0.25, 0.3) is 5.56 Å². The van der Waals surface area contributed by atoms with Gasteiger partial charge in [0.2, 0.25) is 11.1 Å². The molecule has 0 spiro atoms. The number of aromatic nitrogens is 4. The molecular formula is C49H56N7O8PS2. The molecule has 2 aliphatic rings. The van der Waals surface area contributed by atoms with Gasteiger partial charge in [-0.2, -0.15) is 4.98 Å². The molecule has 352 valence electrons. The highest BCUT2D eigenvalue weighted by atomic mass is 32.7. The monoisotopic (exact) mass is 965 g/mol. The largest absolute Gasteiger partial charge is 0.497 e. The van der Waals surface area contributed by atoms with Crippen molar-refractivity contribution < 1.29 is 33.0 Å². The fourth-order valence-electron chi connectivity index (χ4n) is 8.21. The van der Waals surface area contributed by atoms with Gasteiger partial charge in [-0.1, -0.05) is 108 Å². The van der Waals surface area contributed by atoms with E-state index in [0.29, 0.717) is 23.4 Å². The minimum absolute atomic E-state index is 0.0164. The van der Waals surface area contributed by atoms with Gasteiger partial charge in [-0.05, 0) is 60.7 Å². The normalized spacial score (nSPS) is 19.3. The number of thioether (sulfide) groups is 1. The second-order valence-corrected chi connectivity index (χ2v) is 21.3. The number of carbonyl (C=O) groups excluding carboxylic acids is 1. The molecule has 0 radical (unpaired) electrons. The van der Waals surface area contributed by atoms with Gasteiger partial charge in [-0.3, -0.25) is 23.8 Å². The van der Waals surface area contributed by atoms with E-state index >= 15 is 0 Å². The summed E-state index contributed by atoms with van der Waals surface area (Å²) in [6.07, 6.45) is 4.33. The number of nitrogens with one attached hydrogen (secondary N) is 1. The van der Waals surface area contributed by atoms with Gasteiger partial charge in [-0.25, -0.2) is 9.98 Å². The molecule has 2 aliphatic heterocycles. The Morgan fingerprint density at radius 2 is 1.55 bits per heavy atom. The van der Waals surface area contributed by atoms with Crippen molar-refractivity contribution in [3.8, 4) is 11.5 Å². The molecule has 4 heterocycles. The molecule has 6 aromatic rings. The van der Waals surface area contributed by atoms with E-state index in [1.54, 1.807) is 47.7 Å². The van der Waals surface area contributed by atoms with Crippen molar-refractivity contribution >= 4 is 59.2 Å². The average molecular weight is 966 g/mol. The van der Waals surface area contributed by atoms with Crippen molar-refractivity contribution in [1.82, 2.24) is 29.1 Å². The maximum atomic E-state index is 13.4. The average Bonchev–Trinajstić information content (AvgIpc) is 4.13. The van der Waals surface area contributed by atoms with Crippen LogP contribution >= 0.6 is 30.6 Å². The lowest BCUT2D eigenvalue weighted by Gasteiger charge is -2.38. The molecule has 8 rings (SSSR count). The highest BCUT2D eigenvalue weighted by molar-refractivity contribution is 8.53. The number of imidazole rings is 1. The summed E-state index contributed by atoms with van der Waals surface area (Å²) < 4.78 is 43.1. The molecule has 67 heavy (non-hydrogen) atoms. The number of methoxy groups -OCH3 is 2. The number of hydrogen-bond donors (Lipinski definition) is 1. The Balaban J connectivity index is 1.09. The first kappa shape index (κ1) is 48.4. The molecule has 15 nitrogen and oxygen atoms in total. The number of rotatable bonds is 21. The standard InChI is InChI=1S/C49H56N7O8PS2/c1-48(31-62-49(36-16-10-7-11-17-36,37-18-22-39(59-4)23-19-37)38-20-24-40(60-5)25-21-38)30-41(45(64-48)56-33-50-42-43(56)52-47(53-44(42)57)51-32-54(2)3)61-34-63-65(55-26-12-13-27-55)67-29-28-66-46(58)35-14-8-6-9-15-35/h6-11,14-25,32-33,41,45H,12-13,26-31,34H2,1-5H3,(H,52,53,57)/t41-,45-,48?,65?/m1/s1. The third kappa shape index (κ3) is 11.4. The summed E-state index contributed by atoms with van der Waals surface area (Å²) in [5.74, 6) is 2.96. The first-order valence-corrected chi connectivity index (χ1v) is 25.9. The number of ether oxygens (including phenoxy) is 5. The third-order valence-corrected chi connectivity index (χ3v) is 16.7. The quantitative estimate of drug-likeness (QED) is 0.0182. The van der Waals surface area contributed by atoms with Gasteiger partial charge in [0.05, 0.1) is 39.1 Å². The van der Waals surface area contributed by atoms with E-state index in [1.165, 1.54) is 11.8 Å². The second-order valence-electron chi connectivity index (χ2n) is 16.6. The van der Waals surface area contributed by atoms with Crippen LogP contribution in [0.5, 0.6) is 11.5 Å². The predicted octanol–water partition coefficient (Wildman–Crippen LogP) is 9.03. The van der Waals surface area contributed by atoms with E-state index in [2.05, 4.69) is 31.8 Å². The summed E-state index contributed by atoms with van der Waals surface area (Å²) in [7, 11) is 5.87. The van der Waals surface area contributed by atoms with Gasteiger partial charge < -0.3 is 33.1 Å². The summed E-state index contributed by atoms with van der Waals surface area (Å²) >= 11 is 3.05. The zero-order valence-corrected chi connectivity index (χ0v) is 40.8. The Kier molecular flexibility index (Phi) is 16.1. The van der Waals surface area contributed by atoms with Crippen LogP contribution in [0, 0.1) is 0 Å². The van der Waals surface area contributed by atoms with E-state index in [-0.39, 0.29) is 30.0 Å². The lowest BCUT2D eigenvalue weighted by molar-refractivity contribution is -0.140. The SMILES string of the molecule is COc1ccc(C(OCC2(C)C[C@@H](OCOP(SCCSC(=O)c3ccccc3)N3CCCC3)[C@H](n3cnc4c(=O)[nH]c(N=CN(C)C)nc43)O2)(c2ccccc2)c2ccc(OC)cc2)cc1. The van der Waals surface area contributed by atoms with Gasteiger partial charge in [-0.15, -0.1) is 0 Å². The van der Waals surface area contributed by atoms with E-state index in [9.17, 15) is 9.59 Å². The molecule has 0 bridgehead atoms. The summed E-state index contributed by atoms with van der Waals surface area (Å²) in [4.78, 5) is 44.3. The van der Waals surface area contributed by atoms with E-state index in [4.69, 9.17) is 33.2 Å². The number of benzene rings is 4. The van der Waals surface area contributed by atoms with Crippen molar-refractivity contribution in [2.75, 3.05) is 66.3 Å². The van der Waals surface area contributed by atoms with Crippen molar-refractivity contribution in [3.63, 3.8) is 0 Å². The van der Waals surface area contributed by atoms with E-state index < -0.39 is 36.6 Å². The van der Waals surface area contributed by atoms with Crippen LogP contribution in [0.15, 0.2) is 125 Å². The number of carbonyl (C=O) groups is 1. The second kappa shape index (κ2) is 22.3. The molecule has 2 aromatic heterocycles. The van der Waals surface area contributed by atoms with Crippen molar-refractivity contribution in [2.24, 2.45) is 4.99 Å². The summed E-state index contributed by atoms with van der Waals surface area (Å²) in [5, 5.41) is 0.0596. The van der Waals surface area contributed by atoms with Gasteiger partial charge in [0.1, 0.15) is 23.2 Å². The Labute approximate surface area is 400 Å². The summed E-state index contributed by atoms with van der Waals surface area (Å²) in [5.41, 5.74) is 1.34. The topological polar surface area (TPSA) is 155 Å². The van der Waals surface area contributed by atoms with Crippen LogP contribution in [0.25, 0.3) is 11.2 Å². The Hall–Kier alpha value is -5.10. The molecule has 4 aromatic carbocycles. The number of nitrogens with zero attached hydrogens (tertiary/aromatic N) is 6. The fourth-order valence-corrected chi connectivity index (χ4v) is 13.1. The highest BCUT2D eigenvalue weighted by Crippen LogP contribution is 2.56. The van der Waals surface area contributed by atoms with Crippen LogP contribution in [0.1, 0.15) is 59.5 Å². The molecule has 1 N–H and O–H groups in total. The van der Waals surface area contributed by atoms with Crippen LogP contribution in [-0.2, 0) is 24.3 Å². The molecule has 2 fully saturated rings. The predicted molar refractivity (Wildman–Crippen MR) is 266 cm³/mol. The zero-order valence-electron chi connectivity index (χ0n) is 38.3. The number of hydrogen-bond acceptors (Lipinski definition) is 14. The van der Waals surface area contributed by atoms with Crippen LogP contribution in [-0.4, -0.2) is 119 Å². The Morgan fingerprint density at radius 1 is 0.925 bits per heavy atom. The molecular weight excluding hydrogens is 910 g/mol. The summed E-state index contributed by atoms with van der Waals surface area (Å²) in [6.45, 7) is 3.98. The van der Waals surface area contributed by atoms with Crippen LogP contribution in [0.4, 0.5) is 5.95 Å². The lowest BCUT2D eigenvalue weighted by Crippen LogP contribution is -2.40. The molecule has 0 aliphatic carbocycles. The maximum Gasteiger partial charge on any atom is 0.280 e. The molecule has 0 saturated carbocycles. The smallest absolute Gasteiger partial charge is 0.280 e. The first-order valence-electron chi connectivity index (χ1n) is 22.1. The first-order chi connectivity index (χ1) is 32.6. The lowest BCUT2D eigenvalue weighted by atomic mass is 9.79. The van der Waals surface area contributed by atoms with Gasteiger partial charge in [0, 0.05) is 50.7 Å². The van der Waals surface area contributed by atoms with Crippen LogP contribution < -0.4 is 15.0 Å². The molecule has 2 unspecified atom stereocenters. The molecule has 0 amide bonds. The van der Waals surface area contributed by atoms with Crippen molar-refractivity contribution in [2.45, 2.75) is 49.7 Å². The number of aromatic amines is 1. The maximum absolute atomic E-state index is 13.4. The Bertz CT molecular complexity index is 2590. The number of aliphatic imine (C=N–C) groups is 1. The number of fused-ring (bicyclic) bond motifs is 1. The van der Waals surface area contributed by atoms with Gasteiger partial charge >= 0.3 is 0 Å². The van der Waals surface area contributed by atoms with E-state index in [0.717, 1.165) is 59.9 Å². The van der Waals surface area contributed by atoms with Crippen LogP contribution in [0.3, 0.4) is 0 Å². The molecule has 4 atom stereocenters. The minimum atomic E-state index is -1.10. The number of H-pyrrole nitrogens is 1. The van der Waals surface area contributed by atoms with Crippen LogP contribution in [0.2, 0.25) is 0 Å². The zero-order chi connectivity index (χ0) is 46.8. The van der Waals surface area contributed by atoms with E-state index in [1.807, 2.05) is 118 Å². The highest BCUT2D eigenvalue weighted by Gasteiger charge is 2.49. The van der Waals surface area contributed by atoms with Gasteiger partial charge in [0.15, 0.2) is 31.7 Å². The third-order valence-electron chi connectivity index (χ3n) is 11.5. The fraction of sp³-hybridized carbons (Fsp3) is 0.367. The van der Waals surface area contributed by atoms with Crippen molar-refractivity contribution in [1.29, 1.82) is 0 Å². The molecule has 2 saturated heterocycles. The van der Waals surface area contributed by atoms with Crippen molar-refractivity contribution in [3.05, 3.63) is 148 Å². The Morgan fingerprint density at radius 3 is 2.18 bits per heavy atom. The minimum Gasteiger partial charge on any atom is -0.497 e. The summed E-state index contributed by atoms with van der Waals surface area (Å²) in [6, 6.07) is 35.3. The molecule has 18 heteroatoms.